The fourth-order valence-electron chi connectivity index (χ4n) is 3.26. The fourth-order valence-corrected chi connectivity index (χ4v) is 3.64. The lowest BCUT2D eigenvalue weighted by Crippen LogP contribution is -2.25. The summed E-state index contributed by atoms with van der Waals surface area (Å²) in [5.41, 5.74) is 2.86. The minimum absolute atomic E-state index is 0.0740. The number of benzene rings is 2. The average Bonchev–Trinajstić information content (AvgIpc) is 2.85. The Hall–Kier alpha value is -2.21. The molecule has 0 saturated carbocycles. The van der Waals surface area contributed by atoms with E-state index >= 15 is 0 Å². The molecule has 132 valence electrons. The zero-order chi connectivity index (χ0) is 18.1. The summed E-state index contributed by atoms with van der Waals surface area (Å²) in [7, 11) is 6.59. The van der Waals surface area contributed by atoms with E-state index in [9.17, 15) is 4.79 Å². The lowest BCUT2D eigenvalue weighted by molar-refractivity contribution is -0.119. The first-order valence-electron chi connectivity index (χ1n) is 7.86. The molecule has 1 aliphatic rings. The molecule has 0 saturated heterocycles. The Labute approximate surface area is 155 Å². The highest BCUT2D eigenvalue weighted by Crippen LogP contribution is 2.42. The summed E-state index contributed by atoms with van der Waals surface area (Å²) in [5, 5.41) is 0. The second-order valence-electron chi connectivity index (χ2n) is 5.88. The van der Waals surface area contributed by atoms with Gasteiger partial charge < -0.3 is 19.1 Å². The molecule has 1 heterocycles. The number of hydrogen-bond donors (Lipinski definition) is 0. The number of fused-ring (bicyclic) bond motifs is 1. The van der Waals surface area contributed by atoms with Gasteiger partial charge in [-0.25, -0.2) is 0 Å². The summed E-state index contributed by atoms with van der Waals surface area (Å²) >= 11 is 3.50. The number of likely N-dealkylation sites (N-methyl/N-ethyl adjacent to an activating group) is 1. The first-order valence-corrected chi connectivity index (χ1v) is 8.65. The molecule has 0 N–H and O–H groups in total. The average molecular weight is 406 g/mol. The molecule has 1 atom stereocenters. The van der Waals surface area contributed by atoms with E-state index in [1.54, 1.807) is 39.3 Å². The van der Waals surface area contributed by atoms with Crippen molar-refractivity contribution < 1.29 is 19.0 Å². The second kappa shape index (κ2) is 6.96. The van der Waals surface area contributed by atoms with Crippen LogP contribution in [0.25, 0.3) is 0 Å². The van der Waals surface area contributed by atoms with Crippen molar-refractivity contribution in [1.82, 2.24) is 0 Å². The van der Waals surface area contributed by atoms with E-state index in [1.165, 1.54) is 0 Å². The smallest absolute Gasteiger partial charge is 0.234 e. The number of nitrogens with zero attached hydrogens (tertiary/aromatic N) is 1. The largest absolute Gasteiger partial charge is 0.496 e. The van der Waals surface area contributed by atoms with Gasteiger partial charge in [-0.15, -0.1) is 0 Å². The zero-order valence-electron chi connectivity index (χ0n) is 14.6. The molecule has 1 unspecified atom stereocenters. The van der Waals surface area contributed by atoms with Crippen LogP contribution >= 0.6 is 15.9 Å². The van der Waals surface area contributed by atoms with Gasteiger partial charge >= 0.3 is 0 Å². The van der Waals surface area contributed by atoms with Crippen LogP contribution in [0.15, 0.2) is 34.8 Å². The van der Waals surface area contributed by atoms with Gasteiger partial charge in [0.2, 0.25) is 5.91 Å². The van der Waals surface area contributed by atoms with Crippen LogP contribution in [0, 0.1) is 0 Å². The number of rotatable bonds is 5. The van der Waals surface area contributed by atoms with Crippen molar-refractivity contribution in [3.63, 3.8) is 0 Å². The zero-order valence-corrected chi connectivity index (χ0v) is 16.2. The molecule has 2 aromatic carbocycles. The second-order valence-corrected chi connectivity index (χ2v) is 6.79. The van der Waals surface area contributed by atoms with Crippen molar-refractivity contribution >= 4 is 27.5 Å². The van der Waals surface area contributed by atoms with E-state index in [0.717, 1.165) is 21.3 Å². The normalized spacial score (nSPS) is 16.0. The van der Waals surface area contributed by atoms with Crippen LogP contribution in [-0.4, -0.2) is 34.3 Å². The molecule has 3 rings (SSSR count). The Morgan fingerprint density at radius 1 is 1.00 bits per heavy atom. The van der Waals surface area contributed by atoms with E-state index in [2.05, 4.69) is 15.9 Å². The topological polar surface area (TPSA) is 48.0 Å². The van der Waals surface area contributed by atoms with Crippen LogP contribution in [0.2, 0.25) is 0 Å². The first kappa shape index (κ1) is 17.6. The number of carbonyl (C=O) groups excluding carboxylic acids is 1. The molecule has 1 aliphatic heterocycles. The summed E-state index contributed by atoms with van der Waals surface area (Å²) in [6, 6.07) is 9.58. The predicted molar refractivity (Wildman–Crippen MR) is 100 cm³/mol. The van der Waals surface area contributed by atoms with E-state index in [-0.39, 0.29) is 11.8 Å². The first-order chi connectivity index (χ1) is 12.0. The maximum absolute atomic E-state index is 12.8. The molecule has 0 radical (unpaired) electrons. The SMILES string of the molecule is COc1cc(OC)c(OC)cc1CC1C(=O)N(C)c2ccc(Br)cc21. The van der Waals surface area contributed by atoms with Crippen molar-refractivity contribution in [2.45, 2.75) is 12.3 Å². The summed E-state index contributed by atoms with van der Waals surface area (Å²) in [6.07, 6.45) is 0.524. The van der Waals surface area contributed by atoms with Crippen LogP contribution in [-0.2, 0) is 11.2 Å². The van der Waals surface area contributed by atoms with Gasteiger partial charge in [-0.1, -0.05) is 15.9 Å². The Kier molecular flexibility index (Phi) is 4.90. The van der Waals surface area contributed by atoms with Gasteiger partial charge in [-0.3, -0.25) is 4.79 Å². The van der Waals surface area contributed by atoms with Crippen LogP contribution in [0.3, 0.4) is 0 Å². The van der Waals surface area contributed by atoms with Crippen molar-refractivity contribution in [1.29, 1.82) is 0 Å². The molecule has 25 heavy (non-hydrogen) atoms. The minimum Gasteiger partial charge on any atom is -0.496 e. The van der Waals surface area contributed by atoms with Gasteiger partial charge in [0.15, 0.2) is 11.5 Å². The number of halogens is 1. The number of anilines is 1. The molecule has 5 nitrogen and oxygen atoms in total. The molecular weight excluding hydrogens is 386 g/mol. The lowest BCUT2D eigenvalue weighted by atomic mass is 9.92. The van der Waals surface area contributed by atoms with Gasteiger partial charge in [-0.2, -0.15) is 0 Å². The third kappa shape index (κ3) is 3.06. The number of amides is 1. The monoisotopic (exact) mass is 405 g/mol. The molecule has 1 amide bonds. The molecule has 0 aromatic heterocycles. The molecule has 0 fully saturated rings. The molecule has 0 bridgehead atoms. The Morgan fingerprint density at radius 3 is 2.28 bits per heavy atom. The van der Waals surface area contributed by atoms with Crippen LogP contribution in [0.1, 0.15) is 17.0 Å². The minimum atomic E-state index is -0.260. The highest BCUT2D eigenvalue weighted by atomic mass is 79.9. The maximum atomic E-state index is 12.8. The van der Waals surface area contributed by atoms with Crippen molar-refractivity contribution in [3.8, 4) is 17.2 Å². The van der Waals surface area contributed by atoms with Crippen molar-refractivity contribution in [2.75, 3.05) is 33.3 Å². The standard InChI is InChI=1S/C19H20BrNO4/c1-21-15-6-5-12(20)9-13(15)14(19(21)22)7-11-8-17(24-3)18(25-4)10-16(11)23-2/h5-6,8-10,14H,7H2,1-4H3. The number of ether oxygens (including phenoxy) is 3. The number of methoxy groups -OCH3 is 3. The third-order valence-electron chi connectivity index (χ3n) is 4.57. The quantitative estimate of drug-likeness (QED) is 0.759. The lowest BCUT2D eigenvalue weighted by Gasteiger charge is -2.16. The predicted octanol–water partition coefficient (Wildman–Crippen LogP) is 3.78. The number of hydrogen-bond acceptors (Lipinski definition) is 4. The Bertz CT molecular complexity index is 821. The van der Waals surface area contributed by atoms with E-state index in [4.69, 9.17) is 14.2 Å². The highest BCUT2D eigenvalue weighted by Gasteiger charge is 2.36. The summed E-state index contributed by atoms with van der Waals surface area (Å²) in [5.74, 6) is 1.71. The summed E-state index contributed by atoms with van der Waals surface area (Å²) in [6.45, 7) is 0. The van der Waals surface area contributed by atoms with Crippen LogP contribution in [0.4, 0.5) is 5.69 Å². The summed E-state index contributed by atoms with van der Waals surface area (Å²) < 4.78 is 17.2. The van der Waals surface area contributed by atoms with Gasteiger partial charge in [0.1, 0.15) is 5.75 Å². The van der Waals surface area contributed by atoms with Crippen molar-refractivity contribution in [3.05, 3.63) is 45.9 Å². The van der Waals surface area contributed by atoms with Crippen LogP contribution < -0.4 is 19.1 Å². The van der Waals surface area contributed by atoms with E-state index in [1.807, 2.05) is 24.3 Å². The Balaban J connectivity index is 2.03. The van der Waals surface area contributed by atoms with Gasteiger partial charge in [-0.05, 0) is 41.8 Å². The molecule has 0 aliphatic carbocycles. The Morgan fingerprint density at radius 2 is 1.64 bits per heavy atom. The van der Waals surface area contributed by atoms with Crippen molar-refractivity contribution in [2.24, 2.45) is 0 Å². The van der Waals surface area contributed by atoms with Gasteiger partial charge in [0.05, 0.1) is 27.2 Å². The van der Waals surface area contributed by atoms with E-state index in [0.29, 0.717) is 23.7 Å². The number of carbonyl (C=O) groups is 1. The fraction of sp³-hybridized carbons (Fsp3) is 0.316. The van der Waals surface area contributed by atoms with E-state index < -0.39 is 0 Å². The molecule has 6 heteroatoms. The molecule has 0 spiro atoms. The van der Waals surface area contributed by atoms with Gasteiger partial charge in [0.25, 0.3) is 0 Å². The third-order valence-corrected chi connectivity index (χ3v) is 5.06. The van der Waals surface area contributed by atoms with Crippen LogP contribution in [0.5, 0.6) is 17.2 Å². The molecule has 2 aromatic rings. The molecular formula is C19H20BrNO4. The van der Waals surface area contributed by atoms with Gasteiger partial charge in [0, 0.05) is 23.3 Å². The highest BCUT2D eigenvalue weighted by molar-refractivity contribution is 9.10. The maximum Gasteiger partial charge on any atom is 0.234 e. The summed E-state index contributed by atoms with van der Waals surface area (Å²) in [4.78, 5) is 14.5.